The summed E-state index contributed by atoms with van der Waals surface area (Å²) in [5.41, 5.74) is 1.08. The summed E-state index contributed by atoms with van der Waals surface area (Å²) in [5, 5.41) is 11.9. The number of ether oxygens (including phenoxy) is 1. The maximum atomic E-state index is 8.88. The normalized spacial score (nSPS) is 11.6. The smallest absolute Gasteiger partial charge is 0.130 e. The lowest BCUT2D eigenvalue weighted by atomic mass is 10.3. The molecule has 1 unspecified atom stereocenters. The molecule has 0 heterocycles. The third-order valence-electron chi connectivity index (χ3n) is 2.36. The van der Waals surface area contributed by atoms with Crippen LogP contribution < -0.4 is 15.0 Å². The molecule has 1 aromatic rings. The number of rotatable bonds is 6. The summed E-state index contributed by atoms with van der Waals surface area (Å²) < 4.78 is 5.59. The second-order valence-electron chi connectivity index (χ2n) is 3.94. The zero-order valence-corrected chi connectivity index (χ0v) is 10.6. The Kier molecular flexibility index (Phi) is 5.31. The predicted octanol–water partition coefficient (Wildman–Crippen LogP) is 1.63. The first-order valence-electron chi connectivity index (χ1n) is 5.70. The average Bonchev–Trinajstić information content (AvgIpc) is 2.34. The fraction of sp³-hybridized carbons (Fsp3) is 0.462. The SMILES string of the molecule is CCNC(C#N)COc1cccc(N(C)C)c1. The Hall–Kier alpha value is -1.73. The van der Waals surface area contributed by atoms with E-state index in [9.17, 15) is 0 Å². The van der Waals surface area contributed by atoms with Crippen LogP contribution in [0, 0.1) is 11.3 Å². The van der Waals surface area contributed by atoms with Crippen molar-refractivity contribution in [1.82, 2.24) is 5.32 Å². The molecule has 0 aliphatic carbocycles. The highest BCUT2D eigenvalue weighted by molar-refractivity contribution is 5.49. The number of hydrogen-bond acceptors (Lipinski definition) is 4. The molecule has 0 spiro atoms. The Balaban J connectivity index is 2.57. The number of nitrogens with one attached hydrogen (secondary N) is 1. The molecule has 1 atom stereocenters. The third kappa shape index (κ3) is 4.33. The second kappa shape index (κ2) is 6.77. The van der Waals surface area contributed by atoms with Crippen molar-refractivity contribution in [3.63, 3.8) is 0 Å². The molecule has 0 saturated heterocycles. The minimum absolute atomic E-state index is 0.261. The van der Waals surface area contributed by atoms with E-state index in [4.69, 9.17) is 10.00 Å². The molecule has 0 radical (unpaired) electrons. The maximum absolute atomic E-state index is 8.88. The highest BCUT2D eigenvalue weighted by Gasteiger charge is 2.06. The zero-order valence-electron chi connectivity index (χ0n) is 10.6. The Bertz CT molecular complexity index is 384. The first kappa shape index (κ1) is 13.3. The largest absolute Gasteiger partial charge is 0.491 e. The van der Waals surface area contributed by atoms with Gasteiger partial charge in [-0.1, -0.05) is 13.0 Å². The highest BCUT2D eigenvalue weighted by atomic mass is 16.5. The van der Waals surface area contributed by atoms with Gasteiger partial charge in [0.15, 0.2) is 0 Å². The lowest BCUT2D eigenvalue weighted by Crippen LogP contribution is -2.33. The first-order valence-corrected chi connectivity index (χ1v) is 5.70. The molecule has 1 N–H and O–H groups in total. The zero-order chi connectivity index (χ0) is 12.7. The van der Waals surface area contributed by atoms with E-state index < -0.39 is 0 Å². The van der Waals surface area contributed by atoms with Crippen molar-refractivity contribution in [2.24, 2.45) is 0 Å². The van der Waals surface area contributed by atoms with E-state index in [1.54, 1.807) is 0 Å². The van der Waals surface area contributed by atoms with Crippen molar-refractivity contribution in [2.75, 3.05) is 32.1 Å². The molecule has 0 amide bonds. The van der Waals surface area contributed by atoms with E-state index in [-0.39, 0.29) is 6.04 Å². The standard InChI is InChI=1S/C13H19N3O/c1-4-15-11(9-14)10-17-13-7-5-6-12(8-13)16(2)3/h5-8,11,15H,4,10H2,1-3H3. The lowest BCUT2D eigenvalue weighted by Gasteiger charge is -2.15. The summed E-state index contributed by atoms with van der Waals surface area (Å²) in [6.07, 6.45) is 0. The van der Waals surface area contributed by atoms with Crippen molar-refractivity contribution in [1.29, 1.82) is 5.26 Å². The van der Waals surface area contributed by atoms with Crippen LogP contribution in [0.15, 0.2) is 24.3 Å². The minimum Gasteiger partial charge on any atom is -0.491 e. The fourth-order valence-electron chi connectivity index (χ4n) is 1.42. The Labute approximate surface area is 103 Å². The number of nitriles is 1. The van der Waals surface area contributed by atoms with Crippen molar-refractivity contribution in [3.8, 4) is 11.8 Å². The summed E-state index contributed by atoms with van der Waals surface area (Å²) in [6.45, 7) is 3.09. The maximum Gasteiger partial charge on any atom is 0.130 e. The summed E-state index contributed by atoms with van der Waals surface area (Å²) >= 11 is 0. The molecule has 0 fully saturated rings. The molecule has 0 bridgehead atoms. The molecule has 0 aromatic heterocycles. The van der Waals surface area contributed by atoms with Crippen molar-refractivity contribution < 1.29 is 4.74 Å². The van der Waals surface area contributed by atoms with Crippen molar-refractivity contribution in [3.05, 3.63) is 24.3 Å². The molecule has 92 valence electrons. The minimum atomic E-state index is -0.261. The van der Waals surface area contributed by atoms with Gasteiger partial charge in [-0.25, -0.2) is 0 Å². The Morgan fingerprint density at radius 3 is 2.82 bits per heavy atom. The molecule has 0 saturated carbocycles. The van der Waals surface area contributed by atoms with E-state index in [1.807, 2.05) is 50.2 Å². The third-order valence-corrected chi connectivity index (χ3v) is 2.36. The van der Waals surface area contributed by atoms with Gasteiger partial charge in [0.05, 0.1) is 6.07 Å². The van der Waals surface area contributed by atoms with Gasteiger partial charge in [-0.15, -0.1) is 0 Å². The molecule has 4 heteroatoms. The van der Waals surface area contributed by atoms with Gasteiger partial charge in [0.1, 0.15) is 18.4 Å². The van der Waals surface area contributed by atoms with Crippen LogP contribution in [-0.4, -0.2) is 33.3 Å². The summed E-state index contributed by atoms with van der Waals surface area (Å²) in [5.74, 6) is 0.786. The van der Waals surface area contributed by atoms with Gasteiger partial charge in [-0.2, -0.15) is 5.26 Å². The number of benzene rings is 1. The van der Waals surface area contributed by atoms with Crippen molar-refractivity contribution >= 4 is 5.69 Å². The molecule has 17 heavy (non-hydrogen) atoms. The topological polar surface area (TPSA) is 48.3 Å². The van der Waals surface area contributed by atoms with Gasteiger partial charge in [-0.05, 0) is 18.7 Å². The van der Waals surface area contributed by atoms with Crippen LogP contribution in [0.5, 0.6) is 5.75 Å². The van der Waals surface area contributed by atoms with E-state index in [0.717, 1.165) is 18.0 Å². The quantitative estimate of drug-likeness (QED) is 0.811. The molecule has 0 aliphatic heterocycles. The number of anilines is 1. The monoisotopic (exact) mass is 233 g/mol. The fourth-order valence-corrected chi connectivity index (χ4v) is 1.42. The van der Waals surface area contributed by atoms with E-state index >= 15 is 0 Å². The van der Waals surface area contributed by atoms with Gasteiger partial charge >= 0.3 is 0 Å². The first-order chi connectivity index (χ1) is 8.17. The number of hydrogen-bond donors (Lipinski definition) is 1. The van der Waals surface area contributed by atoms with Crippen LogP contribution in [0.1, 0.15) is 6.92 Å². The average molecular weight is 233 g/mol. The van der Waals surface area contributed by atoms with E-state index in [1.165, 1.54) is 0 Å². The summed E-state index contributed by atoms with van der Waals surface area (Å²) in [6, 6.07) is 9.71. The molecule has 1 rings (SSSR count). The predicted molar refractivity (Wildman–Crippen MR) is 69.3 cm³/mol. The number of likely N-dealkylation sites (N-methyl/N-ethyl adjacent to an activating group) is 1. The molecular weight excluding hydrogens is 214 g/mol. The van der Waals surface area contributed by atoms with Gasteiger partial charge < -0.3 is 9.64 Å². The van der Waals surface area contributed by atoms with Crippen LogP contribution >= 0.6 is 0 Å². The molecular formula is C13H19N3O. The van der Waals surface area contributed by atoms with Crippen LogP contribution in [-0.2, 0) is 0 Å². The van der Waals surface area contributed by atoms with Gasteiger partial charge in [0.25, 0.3) is 0 Å². The molecule has 4 nitrogen and oxygen atoms in total. The summed E-state index contributed by atoms with van der Waals surface area (Å²) in [7, 11) is 3.96. The number of nitrogens with zero attached hydrogens (tertiary/aromatic N) is 2. The van der Waals surface area contributed by atoms with Gasteiger partial charge in [-0.3, -0.25) is 5.32 Å². The van der Waals surface area contributed by atoms with Crippen LogP contribution in [0.2, 0.25) is 0 Å². The highest BCUT2D eigenvalue weighted by Crippen LogP contribution is 2.19. The molecule has 0 aliphatic rings. The van der Waals surface area contributed by atoms with Crippen LogP contribution in [0.3, 0.4) is 0 Å². The summed E-state index contributed by atoms with van der Waals surface area (Å²) in [4.78, 5) is 2.01. The van der Waals surface area contributed by atoms with Crippen LogP contribution in [0.25, 0.3) is 0 Å². The second-order valence-corrected chi connectivity index (χ2v) is 3.94. The Morgan fingerprint density at radius 1 is 1.47 bits per heavy atom. The van der Waals surface area contributed by atoms with Crippen molar-refractivity contribution in [2.45, 2.75) is 13.0 Å². The van der Waals surface area contributed by atoms with Gasteiger partial charge in [0, 0.05) is 25.8 Å². The van der Waals surface area contributed by atoms with Gasteiger partial charge in [0.2, 0.25) is 0 Å². The Morgan fingerprint density at radius 2 is 2.24 bits per heavy atom. The van der Waals surface area contributed by atoms with E-state index in [0.29, 0.717) is 6.61 Å². The lowest BCUT2D eigenvalue weighted by molar-refractivity contribution is 0.291. The molecule has 1 aromatic carbocycles. The van der Waals surface area contributed by atoms with E-state index in [2.05, 4.69) is 11.4 Å². The van der Waals surface area contributed by atoms with Crippen LogP contribution in [0.4, 0.5) is 5.69 Å².